The van der Waals surface area contributed by atoms with Crippen LogP contribution in [-0.4, -0.2) is 9.38 Å². The summed E-state index contributed by atoms with van der Waals surface area (Å²) >= 11 is 0. The molecule has 0 aliphatic rings. The number of benzene rings is 1. The number of nitrogens with zero attached hydrogens (tertiary/aromatic N) is 2. The first-order valence-electron chi connectivity index (χ1n) is 6.60. The van der Waals surface area contributed by atoms with Crippen molar-refractivity contribution in [1.82, 2.24) is 9.38 Å². The topological polar surface area (TPSA) is 52.5 Å². The molecule has 3 rings (SSSR count). The van der Waals surface area contributed by atoms with Crippen LogP contribution in [0, 0.1) is 13.8 Å². The van der Waals surface area contributed by atoms with Gasteiger partial charge in [-0.3, -0.25) is 4.40 Å². The fourth-order valence-corrected chi connectivity index (χ4v) is 2.21. The predicted octanol–water partition coefficient (Wildman–Crippen LogP) is 3.20. The second-order valence-electron chi connectivity index (χ2n) is 4.87. The summed E-state index contributed by atoms with van der Waals surface area (Å²) in [6.45, 7) is 4.44. The van der Waals surface area contributed by atoms with Gasteiger partial charge in [0.1, 0.15) is 17.1 Å². The second kappa shape index (κ2) is 4.98. The molecule has 1 aromatic carbocycles. The Morgan fingerprint density at radius 2 is 2.05 bits per heavy atom. The Labute approximate surface area is 117 Å². The summed E-state index contributed by atoms with van der Waals surface area (Å²) in [5.74, 6) is 1.40. The normalized spacial score (nSPS) is 10.9. The molecule has 0 fully saturated rings. The lowest BCUT2D eigenvalue weighted by atomic mass is 10.1. The third-order valence-electron chi connectivity index (χ3n) is 3.34. The van der Waals surface area contributed by atoms with E-state index in [2.05, 4.69) is 11.1 Å². The number of aromatic nitrogens is 2. The maximum Gasteiger partial charge on any atom is 0.242 e. The molecule has 0 spiro atoms. The van der Waals surface area contributed by atoms with Gasteiger partial charge in [0.15, 0.2) is 0 Å². The van der Waals surface area contributed by atoms with Gasteiger partial charge in [0, 0.05) is 12.7 Å². The summed E-state index contributed by atoms with van der Waals surface area (Å²) in [4.78, 5) is 4.51. The highest BCUT2D eigenvalue weighted by atomic mass is 16.5. The van der Waals surface area contributed by atoms with Crippen molar-refractivity contribution in [1.29, 1.82) is 0 Å². The molecular weight excluding hydrogens is 250 g/mol. The zero-order valence-electron chi connectivity index (χ0n) is 11.6. The first-order chi connectivity index (χ1) is 9.69. The number of pyridine rings is 1. The third kappa shape index (κ3) is 2.14. The van der Waals surface area contributed by atoms with Gasteiger partial charge in [-0.25, -0.2) is 0 Å². The maximum atomic E-state index is 5.99. The zero-order valence-corrected chi connectivity index (χ0v) is 11.6. The Balaban J connectivity index is 2.08. The van der Waals surface area contributed by atoms with Crippen LogP contribution >= 0.6 is 0 Å². The molecule has 2 aromatic heterocycles. The summed E-state index contributed by atoms with van der Waals surface area (Å²) in [5, 5.41) is 0. The Hall–Kier alpha value is -2.33. The molecule has 0 amide bonds. The molecule has 0 radical (unpaired) electrons. The number of hydrogen-bond acceptors (Lipinski definition) is 3. The standard InChI is InChI=1S/C16H17N3O/c1-11-6-7-12(2)14(9-11)20-16-13(10-17)19-8-4-3-5-15(19)18-16/h3-9H,10,17H2,1-2H3. The van der Waals surface area contributed by atoms with Crippen LogP contribution in [0.3, 0.4) is 0 Å². The Morgan fingerprint density at radius 3 is 2.85 bits per heavy atom. The van der Waals surface area contributed by atoms with Crippen LogP contribution in [0.2, 0.25) is 0 Å². The van der Waals surface area contributed by atoms with Crippen molar-refractivity contribution in [2.75, 3.05) is 0 Å². The van der Waals surface area contributed by atoms with Crippen LogP contribution in [0.5, 0.6) is 11.6 Å². The smallest absolute Gasteiger partial charge is 0.242 e. The van der Waals surface area contributed by atoms with Crippen LogP contribution in [0.4, 0.5) is 0 Å². The van der Waals surface area contributed by atoms with E-state index >= 15 is 0 Å². The lowest BCUT2D eigenvalue weighted by molar-refractivity contribution is 0.455. The number of ether oxygens (including phenoxy) is 1. The van der Waals surface area contributed by atoms with Crippen LogP contribution < -0.4 is 10.5 Å². The molecule has 0 saturated carbocycles. The van der Waals surface area contributed by atoms with Gasteiger partial charge in [0.2, 0.25) is 5.88 Å². The molecule has 4 heteroatoms. The van der Waals surface area contributed by atoms with E-state index in [9.17, 15) is 0 Å². The first-order valence-corrected chi connectivity index (χ1v) is 6.60. The molecule has 3 aromatic rings. The number of nitrogens with two attached hydrogens (primary N) is 1. The third-order valence-corrected chi connectivity index (χ3v) is 3.34. The fraction of sp³-hybridized carbons (Fsp3) is 0.188. The highest BCUT2D eigenvalue weighted by molar-refractivity contribution is 5.47. The molecule has 4 nitrogen and oxygen atoms in total. The average Bonchev–Trinajstić information content (AvgIpc) is 2.80. The second-order valence-corrected chi connectivity index (χ2v) is 4.87. The van der Waals surface area contributed by atoms with Crippen molar-refractivity contribution < 1.29 is 4.74 Å². The number of hydrogen-bond donors (Lipinski definition) is 1. The van der Waals surface area contributed by atoms with E-state index in [1.165, 1.54) is 0 Å². The predicted molar refractivity (Wildman–Crippen MR) is 79.1 cm³/mol. The highest BCUT2D eigenvalue weighted by Gasteiger charge is 2.13. The first kappa shape index (κ1) is 12.7. The minimum Gasteiger partial charge on any atom is -0.437 e. The van der Waals surface area contributed by atoms with Gasteiger partial charge in [0.25, 0.3) is 0 Å². The SMILES string of the molecule is Cc1ccc(C)c(Oc2nc3ccccn3c2CN)c1. The number of aryl methyl sites for hydroxylation is 2. The minimum atomic E-state index is 0.380. The van der Waals surface area contributed by atoms with Crippen LogP contribution in [0.1, 0.15) is 16.8 Å². The Morgan fingerprint density at radius 1 is 1.20 bits per heavy atom. The zero-order chi connectivity index (χ0) is 14.1. The number of imidazole rings is 1. The van der Waals surface area contributed by atoms with E-state index < -0.39 is 0 Å². The molecule has 0 aliphatic heterocycles. The van der Waals surface area contributed by atoms with E-state index in [1.54, 1.807) is 0 Å². The van der Waals surface area contributed by atoms with Crippen molar-refractivity contribution in [2.24, 2.45) is 5.73 Å². The number of fused-ring (bicyclic) bond motifs is 1. The monoisotopic (exact) mass is 267 g/mol. The molecule has 102 valence electrons. The summed E-state index contributed by atoms with van der Waals surface area (Å²) in [6.07, 6.45) is 1.94. The molecule has 0 aliphatic carbocycles. The van der Waals surface area contributed by atoms with E-state index in [-0.39, 0.29) is 0 Å². The van der Waals surface area contributed by atoms with E-state index in [1.807, 2.05) is 54.8 Å². The van der Waals surface area contributed by atoms with Crippen LogP contribution in [0.15, 0.2) is 42.6 Å². The molecule has 0 saturated heterocycles. The van der Waals surface area contributed by atoms with Crippen molar-refractivity contribution >= 4 is 5.65 Å². The van der Waals surface area contributed by atoms with Gasteiger partial charge in [-0.15, -0.1) is 0 Å². The Kier molecular flexibility index (Phi) is 3.16. The number of rotatable bonds is 3. The van der Waals surface area contributed by atoms with E-state index in [0.29, 0.717) is 12.4 Å². The van der Waals surface area contributed by atoms with Gasteiger partial charge in [0.05, 0.1) is 0 Å². The van der Waals surface area contributed by atoms with Crippen molar-refractivity contribution in [2.45, 2.75) is 20.4 Å². The molecule has 2 N–H and O–H groups in total. The van der Waals surface area contributed by atoms with E-state index in [0.717, 1.165) is 28.2 Å². The highest BCUT2D eigenvalue weighted by Crippen LogP contribution is 2.28. The average molecular weight is 267 g/mol. The summed E-state index contributed by atoms with van der Waals surface area (Å²) < 4.78 is 7.94. The molecule has 0 unspecified atom stereocenters. The molecule has 0 atom stereocenters. The van der Waals surface area contributed by atoms with Gasteiger partial charge in [-0.05, 0) is 43.2 Å². The largest absolute Gasteiger partial charge is 0.437 e. The van der Waals surface area contributed by atoms with Crippen LogP contribution in [-0.2, 0) is 6.54 Å². The molecule has 20 heavy (non-hydrogen) atoms. The van der Waals surface area contributed by atoms with Gasteiger partial charge in [-0.1, -0.05) is 18.2 Å². The quantitative estimate of drug-likeness (QED) is 0.792. The fourth-order valence-electron chi connectivity index (χ4n) is 2.21. The molecule has 0 bridgehead atoms. The van der Waals surface area contributed by atoms with Crippen molar-refractivity contribution in [3.05, 3.63) is 59.4 Å². The summed E-state index contributed by atoms with van der Waals surface area (Å²) in [7, 11) is 0. The van der Waals surface area contributed by atoms with Gasteiger partial charge >= 0.3 is 0 Å². The Bertz CT molecular complexity index is 762. The van der Waals surface area contributed by atoms with Gasteiger partial charge < -0.3 is 10.5 Å². The van der Waals surface area contributed by atoms with Gasteiger partial charge in [-0.2, -0.15) is 4.98 Å². The maximum absolute atomic E-state index is 5.99. The lowest BCUT2D eigenvalue weighted by Crippen LogP contribution is -2.02. The minimum absolute atomic E-state index is 0.380. The summed E-state index contributed by atoms with van der Waals surface area (Å²) in [6, 6.07) is 12.0. The lowest BCUT2D eigenvalue weighted by Gasteiger charge is -2.08. The molecular formula is C16H17N3O. The van der Waals surface area contributed by atoms with Crippen molar-refractivity contribution in [3.63, 3.8) is 0 Å². The van der Waals surface area contributed by atoms with Crippen molar-refractivity contribution in [3.8, 4) is 11.6 Å². The molecule has 2 heterocycles. The van der Waals surface area contributed by atoms with E-state index in [4.69, 9.17) is 10.5 Å². The van der Waals surface area contributed by atoms with Crippen LogP contribution in [0.25, 0.3) is 5.65 Å². The summed E-state index contributed by atoms with van der Waals surface area (Å²) in [5.41, 5.74) is 9.79.